The van der Waals surface area contributed by atoms with Crippen LogP contribution in [0.5, 0.6) is 11.5 Å². The molecule has 0 saturated heterocycles. The van der Waals surface area contributed by atoms with Crippen molar-refractivity contribution in [3.63, 3.8) is 0 Å². The van der Waals surface area contributed by atoms with Crippen LogP contribution in [0.25, 0.3) is 27.6 Å². The average molecular weight is 663 g/mol. The van der Waals surface area contributed by atoms with Crippen molar-refractivity contribution in [2.45, 2.75) is 80.1 Å². The zero-order valence-electron chi connectivity index (χ0n) is 31.3. The van der Waals surface area contributed by atoms with E-state index in [0.29, 0.717) is 0 Å². The minimum absolute atomic E-state index is 0.0138. The first-order valence-corrected chi connectivity index (χ1v) is 17.7. The van der Waals surface area contributed by atoms with E-state index in [4.69, 9.17) is 9.72 Å². The third-order valence-electron chi connectivity index (χ3n) is 9.85. The molecule has 0 saturated carbocycles. The number of hydrogen-bond acceptors (Lipinski definition) is 4. The van der Waals surface area contributed by atoms with Gasteiger partial charge < -0.3 is 14.5 Å². The van der Waals surface area contributed by atoms with Crippen LogP contribution in [0.15, 0.2) is 115 Å². The van der Waals surface area contributed by atoms with Gasteiger partial charge in [-0.25, -0.2) is 4.98 Å². The lowest BCUT2D eigenvalue weighted by atomic mass is 9.86. The Labute approximate surface area is 297 Å². The van der Waals surface area contributed by atoms with Crippen molar-refractivity contribution in [1.29, 1.82) is 0 Å². The normalized spacial score (nSPS) is 14.2. The van der Waals surface area contributed by atoms with Gasteiger partial charge in [0.25, 0.3) is 0 Å². The maximum absolute atomic E-state index is 6.65. The van der Waals surface area contributed by atoms with Crippen LogP contribution in [0.2, 0.25) is 0 Å². The van der Waals surface area contributed by atoms with Gasteiger partial charge in [0.2, 0.25) is 0 Å². The van der Waals surface area contributed by atoms with Crippen molar-refractivity contribution < 1.29 is 4.74 Å². The van der Waals surface area contributed by atoms with Gasteiger partial charge in [-0.3, -0.25) is 4.57 Å². The second kappa shape index (κ2) is 12.1. The highest BCUT2D eigenvalue weighted by molar-refractivity contribution is 6.09. The molecule has 7 rings (SSSR count). The van der Waals surface area contributed by atoms with Crippen LogP contribution < -0.4 is 14.5 Å². The molecule has 0 aliphatic carbocycles. The van der Waals surface area contributed by atoms with E-state index < -0.39 is 0 Å². The predicted octanol–water partition coefficient (Wildman–Crippen LogP) is 12.0. The number of allylic oxidation sites excluding steroid dienone is 1. The van der Waals surface area contributed by atoms with Gasteiger partial charge in [0, 0.05) is 57.8 Å². The Morgan fingerprint density at radius 1 is 0.620 bits per heavy atom. The van der Waals surface area contributed by atoms with E-state index in [9.17, 15) is 0 Å². The molecule has 0 amide bonds. The summed E-state index contributed by atoms with van der Waals surface area (Å²) < 4.78 is 8.92. The van der Waals surface area contributed by atoms with E-state index >= 15 is 0 Å². The van der Waals surface area contributed by atoms with E-state index in [-0.39, 0.29) is 16.2 Å². The molecule has 0 atom stereocenters. The summed E-state index contributed by atoms with van der Waals surface area (Å²) >= 11 is 0. The smallest absolute Gasteiger partial charge is 0.137 e. The molecule has 5 heteroatoms. The van der Waals surface area contributed by atoms with Crippen molar-refractivity contribution in [3.05, 3.63) is 132 Å². The molecule has 0 spiro atoms. The molecule has 256 valence electrons. The van der Waals surface area contributed by atoms with E-state index in [0.717, 1.165) is 40.7 Å². The Morgan fingerprint density at radius 2 is 1.32 bits per heavy atom. The zero-order chi connectivity index (χ0) is 35.6. The van der Waals surface area contributed by atoms with Crippen molar-refractivity contribution in [1.82, 2.24) is 9.55 Å². The topological polar surface area (TPSA) is 33.5 Å². The lowest BCUT2D eigenvalue weighted by Crippen LogP contribution is -2.30. The molecule has 4 aromatic carbocycles. The molecule has 0 unspecified atom stereocenters. The molecule has 1 aliphatic rings. The summed E-state index contributed by atoms with van der Waals surface area (Å²) in [6, 6.07) is 34.6. The number of nitrogens with zero attached hydrogens (tertiary/aromatic N) is 4. The molecule has 3 heterocycles. The number of benzene rings is 4. The highest BCUT2D eigenvalue weighted by Crippen LogP contribution is 2.41. The number of aryl methyl sites for hydroxylation is 1. The summed E-state index contributed by atoms with van der Waals surface area (Å²) in [5.41, 5.74) is 9.77. The van der Waals surface area contributed by atoms with Gasteiger partial charge >= 0.3 is 0 Å². The highest BCUT2D eigenvalue weighted by atomic mass is 16.5. The largest absolute Gasteiger partial charge is 0.457 e. The third kappa shape index (κ3) is 6.26. The number of rotatable bonds is 5. The molecule has 0 N–H and O–H groups in total. The van der Waals surface area contributed by atoms with Crippen LogP contribution in [-0.4, -0.2) is 16.2 Å². The van der Waals surface area contributed by atoms with E-state index in [1.807, 2.05) is 12.3 Å². The fourth-order valence-corrected chi connectivity index (χ4v) is 7.01. The highest BCUT2D eigenvalue weighted by Gasteiger charge is 2.32. The summed E-state index contributed by atoms with van der Waals surface area (Å²) in [5.74, 6) is 2.50. The first kappa shape index (κ1) is 33.5. The Kier molecular flexibility index (Phi) is 8.09. The average Bonchev–Trinajstić information content (AvgIpc) is 3.64. The van der Waals surface area contributed by atoms with Crippen molar-refractivity contribution in [2.24, 2.45) is 5.41 Å². The van der Waals surface area contributed by atoms with Gasteiger partial charge in [-0.1, -0.05) is 98.7 Å². The van der Waals surface area contributed by atoms with E-state index in [1.54, 1.807) is 0 Å². The molecular weight excluding hydrogens is 613 g/mol. The predicted molar refractivity (Wildman–Crippen MR) is 211 cm³/mol. The van der Waals surface area contributed by atoms with Crippen LogP contribution >= 0.6 is 0 Å². The first-order chi connectivity index (χ1) is 23.6. The Morgan fingerprint density at radius 3 is 2.04 bits per heavy atom. The molecule has 1 aliphatic heterocycles. The van der Waals surface area contributed by atoms with Crippen molar-refractivity contribution in [3.8, 4) is 17.3 Å². The summed E-state index contributed by atoms with van der Waals surface area (Å²) in [5, 5.41) is 2.37. The lowest BCUT2D eigenvalue weighted by Gasteiger charge is -2.31. The SMILES string of the molecule is Cc1cc(C(C)(C)C)ccc1N1C=C(C(C)(C)C)N(c2cccc(Oc3ccc4c5ccccc5n(-c5cc(C(C)(C)C)ccn5)c4c3)c2)C1. The molecule has 0 bridgehead atoms. The van der Waals surface area contributed by atoms with Gasteiger partial charge in [-0.2, -0.15) is 0 Å². The number of hydrogen-bond donors (Lipinski definition) is 0. The molecule has 5 nitrogen and oxygen atoms in total. The lowest BCUT2D eigenvalue weighted by molar-refractivity contribution is 0.481. The molecule has 0 radical (unpaired) electrons. The number of fused-ring (bicyclic) bond motifs is 3. The minimum Gasteiger partial charge on any atom is -0.457 e. The van der Waals surface area contributed by atoms with Crippen LogP contribution in [0.4, 0.5) is 11.4 Å². The van der Waals surface area contributed by atoms with Crippen LogP contribution in [0, 0.1) is 12.3 Å². The molecule has 0 fully saturated rings. The molecule has 6 aromatic rings. The molecule has 50 heavy (non-hydrogen) atoms. The number of anilines is 2. The number of para-hydroxylation sites is 1. The third-order valence-corrected chi connectivity index (χ3v) is 9.85. The number of aromatic nitrogens is 2. The molecule has 2 aromatic heterocycles. The van der Waals surface area contributed by atoms with Gasteiger partial charge in [-0.15, -0.1) is 0 Å². The number of pyridine rings is 1. The van der Waals surface area contributed by atoms with Crippen LogP contribution in [-0.2, 0) is 10.8 Å². The maximum Gasteiger partial charge on any atom is 0.137 e. The second-order valence-electron chi connectivity index (χ2n) is 16.8. The van der Waals surface area contributed by atoms with Crippen LogP contribution in [0.1, 0.15) is 79.0 Å². The van der Waals surface area contributed by atoms with Crippen LogP contribution in [0.3, 0.4) is 0 Å². The Bertz CT molecular complexity index is 2250. The van der Waals surface area contributed by atoms with Crippen molar-refractivity contribution in [2.75, 3.05) is 16.5 Å². The van der Waals surface area contributed by atoms with Gasteiger partial charge in [-0.05, 0) is 83.0 Å². The first-order valence-electron chi connectivity index (χ1n) is 17.7. The second-order valence-corrected chi connectivity index (χ2v) is 16.8. The van der Waals surface area contributed by atoms with Crippen molar-refractivity contribution >= 4 is 33.2 Å². The Balaban J connectivity index is 1.23. The van der Waals surface area contributed by atoms with E-state index in [1.165, 1.54) is 38.8 Å². The quantitative estimate of drug-likeness (QED) is 0.184. The Hall–Kier alpha value is -5.03. The minimum atomic E-state index is -0.0539. The van der Waals surface area contributed by atoms with Gasteiger partial charge in [0.1, 0.15) is 17.3 Å². The monoisotopic (exact) mass is 662 g/mol. The van der Waals surface area contributed by atoms with E-state index in [2.05, 4.69) is 181 Å². The van der Waals surface area contributed by atoms with Gasteiger partial charge in [0.05, 0.1) is 17.7 Å². The summed E-state index contributed by atoms with van der Waals surface area (Å²) in [6.07, 6.45) is 4.24. The maximum atomic E-state index is 6.65. The summed E-state index contributed by atoms with van der Waals surface area (Å²) in [4.78, 5) is 9.64. The summed E-state index contributed by atoms with van der Waals surface area (Å²) in [7, 11) is 0. The summed E-state index contributed by atoms with van der Waals surface area (Å²) in [6.45, 7) is 23.3. The fraction of sp³-hybridized carbons (Fsp3) is 0.311. The van der Waals surface area contributed by atoms with Gasteiger partial charge in [0.15, 0.2) is 0 Å². The fourth-order valence-electron chi connectivity index (χ4n) is 7.01. The molecular formula is C45H50N4O. The number of ether oxygens (including phenoxy) is 1. The zero-order valence-corrected chi connectivity index (χ0v) is 31.3. The standard InChI is InChI=1S/C45H50N4O/c1-30-24-31(43(2,3)4)18-21-38(30)47-28-41(45(8,9)10)48(29-47)33-14-13-15-34(26-33)50-35-19-20-37-36-16-11-12-17-39(36)49(40(37)27-35)42-25-32(22-23-46-42)44(5,6)7/h11-28H,29H2,1-10H3.